The molecule has 0 amide bonds. The Morgan fingerprint density at radius 2 is 1.42 bits per heavy atom. The van der Waals surface area contributed by atoms with Crippen molar-refractivity contribution in [2.24, 2.45) is 0 Å². The molecule has 0 unspecified atom stereocenters. The zero-order valence-electron chi connectivity index (χ0n) is 30.8. The van der Waals surface area contributed by atoms with Crippen molar-refractivity contribution in [1.82, 2.24) is 24.3 Å². The molecule has 4 aromatic carbocycles. The zero-order valence-corrected chi connectivity index (χ0v) is 30.8. The SMILES string of the molecule is Cc1ccc(-c2cnn(-c3cc(Oc4ccc5c6ccccc6n(-c6ccccn6)c5c4)nc(-c4c(C(C)C)cccc4C(C)C)c3)c2)c(C)c1C. The van der Waals surface area contributed by atoms with Gasteiger partial charge in [0.25, 0.3) is 0 Å². The first-order valence-corrected chi connectivity index (χ1v) is 18.1. The van der Waals surface area contributed by atoms with E-state index in [-0.39, 0.29) is 0 Å². The first-order valence-electron chi connectivity index (χ1n) is 18.1. The highest BCUT2D eigenvalue weighted by Crippen LogP contribution is 2.39. The largest absolute Gasteiger partial charge is 0.439 e. The van der Waals surface area contributed by atoms with Gasteiger partial charge in [-0.25, -0.2) is 14.6 Å². The van der Waals surface area contributed by atoms with E-state index in [0.29, 0.717) is 23.5 Å². The molecule has 0 fully saturated rings. The molecule has 0 aliphatic heterocycles. The van der Waals surface area contributed by atoms with Gasteiger partial charge >= 0.3 is 0 Å². The van der Waals surface area contributed by atoms with Crippen LogP contribution in [0.5, 0.6) is 11.6 Å². The Balaban J connectivity index is 1.29. The van der Waals surface area contributed by atoms with Gasteiger partial charge in [-0.15, -0.1) is 0 Å². The van der Waals surface area contributed by atoms with Crippen LogP contribution >= 0.6 is 0 Å². The molecular weight excluding hydrogens is 639 g/mol. The summed E-state index contributed by atoms with van der Waals surface area (Å²) in [6.45, 7) is 15.5. The smallest absolute Gasteiger partial charge is 0.221 e. The lowest BCUT2D eigenvalue weighted by atomic mass is 9.87. The highest BCUT2D eigenvalue weighted by atomic mass is 16.5. The number of para-hydroxylation sites is 1. The van der Waals surface area contributed by atoms with Crippen LogP contribution < -0.4 is 4.74 Å². The maximum absolute atomic E-state index is 6.75. The maximum Gasteiger partial charge on any atom is 0.221 e. The van der Waals surface area contributed by atoms with E-state index in [0.717, 1.165) is 50.1 Å². The molecule has 0 atom stereocenters. The summed E-state index contributed by atoms with van der Waals surface area (Å²) in [6.07, 6.45) is 5.88. The van der Waals surface area contributed by atoms with Crippen LogP contribution in [0.2, 0.25) is 0 Å². The van der Waals surface area contributed by atoms with E-state index in [1.165, 1.54) is 33.4 Å². The third-order valence-corrected chi connectivity index (χ3v) is 10.4. The number of fused-ring (bicyclic) bond motifs is 3. The van der Waals surface area contributed by atoms with Crippen molar-refractivity contribution < 1.29 is 4.74 Å². The molecule has 0 aliphatic rings. The summed E-state index contributed by atoms with van der Waals surface area (Å²) in [6, 6.07) is 35.8. The van der Waals surface area contributed by atoms with Crippen molar-refractivity contribution in [1.29, 1.82) is 0 Å². The van der Waals surface area contributed by atoms with Crippen LogP contribution in [0.4, 0.5) is 0 Å². The molecule has 258 valence electrons. The number of nitrogens with zero attached hydrogens (tertiary/aromatic N) is 5. The van der Waals surface area contributed by atoms with E-state index < -0.39 is 0 Å². The van der Waals surface area contributed by atoms with Gasteiger partial charge in [0.05, 0.1) is 28.6 Å². The van der Waals surface area contributed by atoms with Crippen LogP contribution in [0.15, 0.2) is 122 Å². The molecule has 0 saturated heterocycles. The van der Waals surface area contributed by atoms with E-state index in [1.54, 1.807) is 0 Å². The Morgan fingerprint density at radius 3 is 2.17 bits per heavy atom. The summed E-state index contributed by atoms with van der Waals surface area (Å²) in [5.74, 6) is 2.66. The first kappa shape index (κ1) is 33.2. The number of aryl methyl sites for hydroxylation is 1. The molecule has 0 radical (unpaired) electrons. The van der Waals surface area contributed by atoms with Gasteiger partial charge in [0, 0.05) is 46.4 Å². The third-order valence-electron chi connectivity index (χ3n) is 10.4. The minimum atomic E-state index is 0.309. The van der Waals surface area contributed by atoms with Crippen molar-refractivity contribution in [2.75, 3.05) is 0 Å². The van der Waals surface area contributed by atoms with Gasteiger partial charge in [-0.3, -0.25) is 4.57 Å². The standard InChI is InChI=1S/C46H43N5O/c1-28(2)36-14-12-15-37(29(3)4)46(36)41-23-34(50-27-33(26-48-50)38-20-18-30(5)31(6)32(38)7)24-45(49-41)52-35-19-21-40-39-13-8-9-16-42(39)51(43(40)25-35)44-17-10-11-22-47-44/h8-29H,1-7H3. The molecule has 0 saturated carbocycles. The molecule has 6 heteroatoms. The van der Waals surface area contributed by atoms with E-state index in [9.17, 15) is 0 Å². The van der Waals surface area contributed by atoms with E-state index >= 15 is 0 Å². The van der Waals surface area contributed by atoms with E-state index in [1.807, 2.05) is 47.4 Å². The Bertz CT molecular complexity index is 2570. The van der Waals surface area contributed by atoms with Crippen molar-refractivity contribution >= 4 is 21.8 Å². The number of aromatic nitrogens is 5. The highest BCUT2D eigenvalue weighted by Gasteiger charge is 2.20. The monoisotopic (exact) mass is 681 g/mol. The van der Waals surface area contributed by atoms with Crippen molar-refractivity contribution in [3.05, 3.63) is 150 Å². The van der Waals surface area contributed by atoms with Crippen LogP contribution in [0, 0.1) is 20.8 Å². The highest BCUT2D eigenvalue weighted by molar-refractivity contribution is 6.09. The fraction of sp³-hybridized carbons (Fsp3) is 0.196. The first-order chi connectivity index (χ1) is 25.2. The van der Waals surface area contributed by atoms with Crippen molar-refractivity contribution in [3.8, 4) is 45.5 Å². The van der Waals surface area contributed by atoms with Crippen molar-refractivity contribution in [3.63, 3.8) is 0 Å². The summed E-state index contributed by atoms with van der Waals surface area (Å²) >= 11 is 0. The molecule has 52 heavy (non-hydrogen) atoms. The van der Waals surface area contributed by atoms with Gasteiger partial charge in [0.1, 0.15) is 11.6 Å². The predicted octanol–water partition coefficient (Wildman–Crippen LogP) is 12.1. The molecule has 0 N–H and O–H groups in total. The lowest BCUT2D eigenvalue weighted by Crippen LogP contribution is -2.04. The van der Waals surface area contributed by atoms with E-state index in [2.05, 4.69) is 132 Å². The fourth-order valence-electron chi connectivity index (χ4n) is 7.39. The van der Waals surface area contributed by atoms with E-state index in [4.69, 9.17) is 19.8 Å². The molecule has 8 rings (SSSR count). The van der Waals surface area contributed by atoms with Gasteiger partial charge in [-0.05, 0) is 102 Å². The average Bonchev–Trinajstić information content (AvgIpc) is 3.77. The van der Waals surface area contributed by atoms with Crippen molar-refractivity contribution in [2.45, 2.75) is 60.3 Å². The molecule has 8 aromatic rings. The fourth-order valence-corrected chi connectivity index (χ4v) is 7.39. The Kier molecular flexibility index (Phi) is 8.46. The number of rotatable bonds is 8. The summed E-state index contributed by atoms with van der Waals surface area (Å²) < 4.78 is 10.9. The van der Waals surface area contributed by atoms with Crippen LogP contribution in [0.25, 0.3) is 55.7 Å². The Morgan fingerprint density at radius 1 is 0.673 bits per heavy atom. The topological polar surface area (TPSA) is 57.8 Å². The lowest BCUT2D eigenvalue weighted by Gasteiger charge is -2.20. The quantitative estimate of drug-likeness (QED) is 0.160. The lowest BCUT2D eigenvalue weighted by molar-refractivity contribution is 0.463. The second kappa shape index (κ2) is 13.3. The van der Waals surface area contributed by atoms with Gasteiger partial charge < -0.3 is 4.74 Å². The molecule has 4 aromatic heterocycles. The van der Waals surface area contributed by atoms with Gasteiger partial charge in [-0.2, -0.15) is 5.10 Å². The maximum atomic E-state index is 6.75. The summed E-state index contributed by atoms with van der Waals surface area (Å²) in [5.41, 5.74) is 13.6. The number of ether oxygens (including phenoxy) is 1. The van der Waals surface area contributed by atoms with Gasteiger partial charge in [0.15, 0.2) is 0 Å². The third kappa shape index (κ3) is 5.84. The van der Waals surface area contributed by atoms with Crippen LogP contribution in [0.1, 0.15) is 67.3 Å². The molecule has 0 aliphatic carbocycles. The molecule has 0 spiro atoms. The van der Waals surface area contributed by atoms with Gasteiger partial charge in [-0.1, -0.05) is 82.3 Å². The van der Waals surface area contributed by atoms with Crippen LogP contribution in [0.3, 0.4) is 0 Å². The minimum Gasteiger partial charge on any atom is -0.439 e. The summed E-state index contributed by atoms with van der Waals surface area (Å²) in [4.78, 5) is 9.94. The average molecular weight is 682 g/mol. The van der Waals surface area contributed by atoms with Crippen LogP contribution in [-0.2, 0) is 0 Å². The summed E-state index contributed by atoms with van der Waals surface area (Å²) in [7, 11) is 0. The second-order valence-corrected chi connectivity index (χ2v) is 14.3. The zero-order chi connectivity index (χ0) is 36.1. The molecular formula is C46H43N5O. The summed E-state index contributed by atoms with van der Waals surface area (Å²) in [5, 5.41) is 7.18. The van der Waals surface area contributed by atoms with Gasteiger partial charge in [0.2, 0.25) is 5.88 Å². The molecule has 0 bridgehead atoms. The Labute approximate surface area is 305 Å². The minimum absolute atomic E-state index is 0.309. The number of benzene rings is 4. The van der Waals surface area contributed by atoms with Crippen LogP contribution in [-0.4, -0.2) is 24.3 Å². The molecule has 4 heterocycles. The normalized spacial score (nSPS) is 11.7. The Hall–Kier alpha value is -6.01. The number of hydrogen-bond acceptors (Lipinski definition) is 4. The predicted molar refractivity (Wildman–Crippen MR) is 213 cm³/mol. The number of hydrogen-bond donors (Lipinski definition) is 0. The number of pyridine rings is 2. The molecule has 6 nitrogen and oxygen atoms in total. The second-order valence-electron chi connectivity index (χ2n) is 14.3.